The molecule has 0 saturated heterocycles. The maximum absolute atomic E-state index is 12.0. The van der Waals surface area contributed by atoms with Gasteiger partial charge in [0.25, 0.3) is 5.91 Å². The van der Waals surface area contributed by atoms with Gasteiger partial charge in [0.2, 0.25) is 0 Å². The summed E-state index contributed by atoms with van der Waals surface area (Å²) in [7, 11) is 0. The van der Waals surface area contributed by atoms with Crippen LogP contribution in [0.5, 0.6) is 0 Å². The molecule has 1 heterocycles. The molecule has 0 unspecified atom stereocenters. The predicted octanol–water partition coefficient (Wildman–Crippen LogP) is 2.94. The number of carbonyl (C=O) groups excluding carboxylic acids is 1. The Balaban J connectivity index is 2.85. The number of carboxylic acid groups (broad SMARTS) is 1. The van der Waals surface area contributed by atoms with Crippen molar-refractivity contribution in [3.63, 3.8) is 0 Å². The number of hydrogen-bond acceptors (Lipinski definition) is 3. The first-order chi connectivity index (χ1) is 8.38. The number of aryl methyl sites for hydroxylation is 1. The molecule has 4 nitrogen and oxygen atoms in total. The summed E-state index contributed by atoms with van der Waals surface area (Å²) < 4.78 is 0. The molecule has 0 aromatic carbocycles. The number of halogens is 1. The molecule has 0 fully saturated rings. The first-order valence-corrected chi connectivity index (χ1v) is 6.91. The average molecular weight is 290 g/mol. The molecule has 1 rings (SSSR count). The van der Waals surface area contributed by atoms with Gasteiger partial charge >= 0.3 is 5.97 Å². The molecule has 0 aliphatic carbocycles. The lowest BCUT2D eigenvalue weighted by atomic mass is 9.99. The zero-order valence-corrected chi connectivity index (χ0v) is 12.1. The summed E-state index contributed by atoms with van der Waals surface area (Å²) in [6, 6.07) is -0.888. The highest BCUT2D eigenvalue weighted by molar-refractivity contribution is 7.13. The zero-order valence-electron chi connectivity index (χ0n) is 10.5. The summed E-state index contributed by atoms with van der Waals surface area (Å²) >= 11 is 7.20. The predicted molar refractivity (Wildman–Crippen MR) is 72.4 cm³/mol. The van der Waals surface area contributed by atoms with E-state index in [1.165, 1.54) is 11.3 Å². The number of carbonyl (C=O) groups is 2. The molecule has 0 spiro atoms. The van der Waals surface area contributed by atoms with Gasteiger partial charge in [0.15, 0.2) is 0 Å². The Morgan fingerprint density at radius 1 is 1.56 bits per heavy atom. The largest absolute Gasteiger partial charge is 0.480 e. The Labute approximate surface area is 115 Å². The maximum Gasteiger partial charge on any atom is 0.326 e. The topological polar surface area (TPSA) is 66.4 Å². The molecule has 1 amide bonds. The van der Waals surface area contributed by atoms with E-state index in [1.807, 2.05) is 6.92 Å². The molecule has 2 N–H and O–H groups in total. The summed E-state index contributed by atoms with van der Waals surface area (Å²) in [5.74, 6) is -1.58. The molecule has 100 valence electrons. The number of thiophene rings is 1. The van der Waals surface area contributed by atoms with Crippen LogP contribution in [0.25, 0.3) is 0 Å². The third-order valence-electron chi connectivity index (χ3n) is 2.87. The fourth-order valence-electron chi connectivity index (χ4n) is 1.47. The SMILES string of the molecule is CC[C@H](C)[C@H](NC(=O)c1scc(C)c1Cl)C(=O)O. The lowest BCUT2D eigenvalue weighted by Crippen LogP contribution is -2.44. The zero-order chi connectivity index (χ0) is 13.9. The molecule has 2 atom stereocenters. The van der Waals surface area contributed by atoms with Crippen LogP contribution >= 0.6 is 22.9 Å². The highest BCUT2D eigenvalue weighted by atomic mass is 35.5. The third-order valence-corrected chi connectivity index (χ3v) is 4.57. The van der Waals surface area contributed by atoms with Gasteiger partial charge in [-0.1, -0.05) is 31.9 Å². The van der Waals surface area contributed by atoms with E-state index in [0.29, 0.717) is 16.3 Å². The molecule has 0 saturated carbocycles. The lowest BCUT2D eigenvalue weighted by molar-refractivity contribution is -0.140. The van der Waals surface area contributed by atoms with E-state index in [1.54, 1.807) is 19.2 Å². The molecule has 0 radical (unpaired) electrons. The Kier molecular flexibility index (Phi) is 5.16. The maximum atomic E-state index is 12.0. The molecule has 1 aromatic rings. The summed E-state index contributed by atoms with van der Waals surface area (Å²) in [4.78, 5) is 23.4. The van der Waals surface area contributed by atoms with Gasteiger partial charge in [0, 0.05) is 0 Å². The third kappa shape index (κ3) is 3.23. The van der Waals surface area contributed by atoms with Crippen molar-refractivity contribution in [1.29, 1.82) is 0 Å². The van der Waals surface area contributed by atoms with Gasteiger partial charge in [0.1, 0.15) is 10.9 Å². The van der Waals surface area contributed by atoms with Crippen molar-refractivity contribution in [2.75, 3.05) is 0 Å². The minimum atomic E-state index is -1.03. The van der Waals surface area contributed by atoms with Crippen molar-refractivity contribution in [2.45, 2.75) is 33.2 Å². The Morgan fingerprint density at radius 2 is 2.17 bits per heavy atom. The van der Waals surface area contributed by atoms with Crippen LogP contribution in [-0.4, -0.2) is 23.0 Å². The van der Waals surface area contributed by atoms with Crippen molar-refractivity contribution in [3.05, 3.63) is 20.8 Å². The van der Waals surface area contributed by atoms with Crippen LogP contribution < -0.4 is 5.32 Å². The number of nitrogens with one attached hydrogen (secondary N) is 1. The average Bonchev–Trinajstić information content (AvgIpc) is 2.65. The highest BCUT2D eigenvalue weighted by Crippen LogP contribution is 2.27. The molecule has 0 aliphatic heterocycles. The summed E-state index contributed by atoms with van der Waals surface area (Å²) in [5, 5.41) is 13.8. The monoisotopic (exact) mass is 289 g/mol. The van der Waals surface area contributed by atoms with Crippen molar-refractivity contribution in [3.8, 4) is 0 Å². The number of carboxylic acids is 1. The van der Waals surface area contributed by atoms with Crippen molar-refractivity contribution in [2.24, 2.45) is 5.92 Å². The van der Waals surface area contributed by atoms with Crippen LogP contribution in [0.2, 0.25) is 5.02 Å². The second kappa shape index (κ2) is 6.20. The van der Waals surface area contributed by atoms with Crippen LogP contribution in [0.4, 0.5) is 0 Å². The van der Waals surface area contributed by atoms with E-state index in [9.17, 15) is 9.59 Å². The van der Waals surface area contributed by atoms with Crippen LogP contribution in [-0.2, 0) is 4.79 Å². The molecular formula is C12H16ClNO3S. The second-order valence-corrected chi connectivity index (χ2v) is 5.49. The fourth-order valence-corrected chi connectivity index (χ4v) is 2.65. The van der Waals surface area contributed by atoms with E-state index in [2.05, 4.69) is 5.32 Å². The molecule has 18 heavy (non-hydrogen) atoms. The standard InChI is InChI=1S/C12H16ClNO3S/c1-4-6(2)9(12(16)17)14-11(15)10-8(13)7(3)5-18-10/h5-6,9H,4H2,1-3H3,(H,14,15)(H,16,17)/t6-,9-/m0/s1. The molecule has 6 heteroatoms. The van der Waals surface area contributed by atoms with Crippen LogP contribution in [0.1, 0.15) is 35.5 Å². The van der Waals surface area contributed by atoms with Gasteiger partial charge in [-0.15, -0.1) is 11.3 Å². The van der Waals surface area contributed by atoms with Crippen molar-refractivity contribution >= 4 is 34.8 Å². The first-order valence-electron chi connectivity index (χ1n) is 5.65. The van der Waals surface area contributed by atoms with Crippen LogP contribution in [0.3, 0.4) is 0 Å². The van der Waals surface area contributed by atoms with Gasteiger partial charge in [-0.2, -0.15) is 0 Å². The van der Waals surface area contributed by atoms with Gasteiger partial charge < -0.3 is 10.4 Å². The molecule has 1 aromatic heterocycles. The lowest BCUT2D eigenvalue weighted by Gasteiger charge is -2.19. The quantitative estimate of drug-likeness (QED) is 0.876. The minimum Gasteiger partial charge on any atom is -0.480 e. The van der Waals surface area contributed by atoms with E-state index in [4.69, 9.17) is 16.7 Å². The second-order valence-electron chi connectivity index (χ2n) is 4.24. The fraction of sp³-hybridized carbons (Fsp3) is 0.500. The summed E-state index contributed by atoms with van der Waals surface area (Å²) in [6.45, 7) is 5.48. The van der Waals surface area contributed by atoms with Gasteiger partial charge in [-0.05, 0) is 23.8 Å². The van der Waals surface area contributed by atoms with Crippen LogP contribution in [0.15, 0.2) is 5.38 Å². The summed E-state index contributed by atoms with van der Waals surface area (Å²) in [6.07, 6.45) is 0.675. The molecule has 0 bridgehead atoms. The van der Waals surface area contributed by atoms with Crippen LogP contribution in [0, 0.1) is 12.8 Å². The Morgan fingerprint density at radius 3 is 2.56 bits per heavy atom. The normalized spacial score (nSPS) is 14.0. The first kappa shape index (κ1) is 15.0. The van der Waals surface area contributed by atoms with Gasteiger partial charge in [0.05, 0.1) is 5.02 Å². The number of amides is 1. The summed E-state index contributed by atoms with van der Waals surface area (Å²) in [5.41, 5.74) is 0.822. The highest BCUT2D eigenvalue weighted by Gasteiger charge is 2.27. The van der Waals surface area contributed by atoms with Crippen molar-refractivity contribution < 1.29 is 14.7 Å². The van der Waals surface area contributed by atoms with E-state index in [-0.39, 0.29) is 5.92 Å². The van der Waals surface area contributed by atoms with Crippen molar-refractivity contribution in [1.82, 2.24) is 5.32 Å². The Bertz CT molecular complexity index is 458. The van der Waals surface area contributed by atoms with Gasteiger partial charge in [-0.25, -0.2) is 4.79 Å². The number of rotatable bonds is 5. The molecular weight excluding hydrogens is 274 g/mol. The smallest absolute Gasteiger partial charge is 0.326 e. The van der Waals surface area contributed by atoms with E-state index >= 15 is 0 Å². The molecule has 0 aliphatic rings. The minimum absolute atomic E-state index is 0.133. The Hall–Kier alpha value is -1.07. The van der Waals surface area contributed by atoms with E-state index < -0.39 is 17.9 Å². The number of aliphatic carboxylic acids is 1. The van der Waals surface area contributed by atoms with E-state index in [0.717, 1.165) is 5.56 Å². The van der Waals surface area contributed by atoms with Gasteiger partial charge in [-0.3, -0.25) is 4.79 Å². The number of hydrogen-bond donors (Lipinski definition) is 2.